The third-order valence-electron chi connectivity index (χ3n) is 5.33. The Bertz CT molecular complexity index is 511. The van der Waals surface area contributed by atoms with Crippen LogP contribution in [-0.4, -0.2) is 83.3 Å². The van der Waals surface area contributed by atoms with Crippen molar-refractivity contribution in [3.05, 3.63) is 0 Å². The highest BCUT2D eigenvalue weighted by molar-refractivity contribution is 5.77. The molecule has 0 bridgehead atoms. The zero-order valence-corrected chi connectivity index (χ0v) is 13.8. The molecule has 0 saturated carbocycles. The van der Waals surface area contributed by atoms with Gasteiger partial charge in [0.15, 0.2) is 5.60 Å². The summed E-state index contributed by atoms with van der Waals surface area (Å²) in [7, 11) is 0. The van der Waals surface area contributed by atoms with Gasteiger partial charge in [0.1, 0.15) is 17.8 Å². The third-order valence-corrected chi connectivity index (χ3v) is 5.33. The number of nitrogens with two attached hydrogens (primary N) is 1. The number of carboxylic acid groups (broad SMARTS) is 1. The van der Waals surface area contributed by atoms with Gasteiger partial charge in [-0.15, -0.1) is 0 Å². The monoisotopic (exact) mass is 355 g/mol. The first-order valence-corrected chi connectivity index (χ1v) is 7.06. The average Bonchev–Trinajstić information content (AvgIpc) is 2.50. The second-order valence-electron chi connectivity index (χ2n) is 6.81. The molecule has 24 heavy (non-hydrogen) atoms. The fourth-order valence-corrected chi connectivity index (χ4v) is 3.01. The van der Waals surface area contributed by atoms with Gasteiger partial charge in [-0.2, -0.15) is 0 Å². The van der Waals surface area contributed by atoms with Crippen molar-refractivity contribution in [2.75, 3.05) is 6.61 Å². The molecule has 1 saturated heterocycles. The number of aliphatic carboxylic acids is 1. The van der Waals surface area contributed by atoms with Gasteiger partial charge in [0.2, 0.25) is 5.79 Å². The van der Waals surface area contributed by atoms with E-state index < -0.39 is 53.0 Å². The van der Waals surface area contributed by atoms with Gasteiger partial charge in [-0.1, -0.05) is 13.8 Å². The van der Waals surface area contributed by atoms with E-state index in [1.54, 1.807) is 0 Å². The molecule has 6 atom stereocenters. The van der Waals surface area contributed by atoms with E-state index in [1.165, 1.54) is 0 Å². The van der Waals surface area contributed by atoms with Crippen LogP contribution in [0.3, 0.4) is 0 Å². The van der Waals surface area contributed by atoms with Crippen molar-refractivity contribution in [2.24, 2.45) is 11.3 Å². The van der Waals surface area contributed by atoms with E-state index in [0.717, 1.165) is 27.7 Å². The lowest BCUT2D eigenvalue weighted by atomic mass is 9.58. The first kappa shape index (κ1) is 21.2. The standard InChI is InChI=1S/C13H25NO10/c1-9(2)11(4,20)13(22,24-14)10(3,7(17)6(16)5-15)23-12(9,21)8(18)19/h6-7,15-17,20-22H,5,14H2,1-4H3,(H,18,19)/t6?,7?,10?,11-,12-,13+/m1/s1. The smallest absolute Gasteiger partial charge is 0.364 e. The van der Waals surface area contributed by atoms with Gasteiger partial charge in [0.25, 0.3) is 5.79 Å². The molecule has 0 radical (unpaired) electrons. The van der Waals surface area contributed by atoms with E-state index >= 15 is 0 Å². The van der Waals surface area contributed by atoms with Gasteiger partial charge in [0, 0.05) is 0 Å². The summed E-state index contributed by atoms with van der Waals surface area (Å²) in [4.78, 5) is 16.1. The van der Waals surface area contributed by atoms with Crippen LogP contribution in [-0.2, 0) is 14.4 Å². The Kier molecular flexibility index (Phi) is 5.14. The number of carbonyl (C=O) groups is 1. The molecule has 0 aliphatic carbocycles. The highest BCUT2D eigenvalue weighted by Crippen LogP contribution is 2.58. The molecule has 0 aromatic carbocycles. The highest BCUT2D eigenvalue weighted by Gasteiger charge is 2.80. The Balaban J connectivity index is 3.74. The van der Waals surface area contributed by atoms with Crippen molar-refractivity contribution in [3.8, 4) is 0 Å². The van der Waals surface area contributed by atoms with E-state index in [-0.39, 0.29) is 0 Å². The second kappa shape index (κ2) is 5.83. The Morgan fingerprint density at radius 2 is 1.62 bits per heavy atom. The molecular formula is C13H25NO10. The van der Waals surface area contributed by atoms with Crippen LogP contribution in [0.2, 0.25) is 0 Å². The zero-order chi connectivity index (χ0) is 19.4. The van der Waals surface area contributed by atoms with Crippen LogP contribution in [0.5, 0.6) is 0 Å². The predicted molar refractivity (Wildman–Crippen MR) is 75.8 cm³/mol. The van der Waals surface area contributed by atoms with Crippen LogP contribution in [0.1, 0.15) is 27.7 Å². The van der Waals surface area contributed by atoms with E-state index in [1.807, 2.05) is 0 Å². The lowest BCUT2D eigenvalue weighted by Crippen LogP contribution is -2.86. The van der Waals surface area contributed by atoms with Crippen molar-refractivity contribution in [3.63, 3.8) is 0 Å². The fourth-order valence-electron chi connectivity index (χ4n) is 3.01. The molecule has 0 spiro atoms. The molecule has 1 aliphatic rings. The van der Waals surface area contributed by atoms with Gasteiger partial charge >= 0.3 is 5.97 Å². The number of carboxylic acids is 1. The molecule has 11 heteroatoms. The number of hydrogen-bond donors (Lipinski definition) is 8. The minimum atomic E-state index is -3.12. The normalized spacial score (nSPS) is 44.8. The van der Waals surface area contributed by atoms with Crippen LogP contribution in [0, 0.1) is 5.41 Å². The van der Waals surface area contributed by atoms with Crippen molar-refractivity contribution < 1.29 is 50.1 Å². The Morgan fingerprint density at radius 1 is 1.17 bits per heavy atom. The molecule has 1 fully saturated rings. The fraction of sp³-hybridized carbons (Fsp3) is 0.923. The van der Waals surface area contributed by atoms with E-state index in [2.05, 4.69) is 4.84 Å². The van der Waals surface area contributed by atoms with E-state index in [9.17, 15) is 35.4 Å². The van der Waals surface area contributed by atoms with Gasteiger partial charge in [-0.05, 0) is 13.8 Å². The van der Waals surface area contributed by atoms with Crippen molar-refractivity contribution in [1.29, 1.82) is 0 Å². The highest BCUT2D eigenvalue weighted by atomic mass is 16.8. The largest absolute Gasteiger partial charge is 0.477 e. The van der Waals surface area contributed by atoms with Gasteiger partial charge < -0.3 is 40.5 Å². The quantitative estimate of drug-likeness (QED) is 0.180. The maximum absolute atomic E-state index is 11.6. The molecular weight excluding hydrogens is 330 g/mol. The number of hydrogen-bond acceptors (Lipinski definition) is 10. The van der Waals surface area contributed by atoms with Crippen molar-refractivity contribution in [1.82, 2.24) is 0 Å². The van der Waals surface area contributed by atoms with Crippen LogP contribution in [0.25, 0.3) is 0 Å². The van der Waals surface area contributed by atoms with Gasteiger partial charge in [0.05, 0.1) is 12.0 Å². The summed E-state index contributed by atoms with van der Waals surface area (Å²) in [6.45, 7) is 2.92. The van der Waals surface area contributed by atoms with Crippen LogP contribution in [0.4, 0.5) is 0 Å². The summed E-state index contributed by atoms with van der Waals surface area (Å²) in [6.07, 6.45) is -4.14. The summed E-state index contributed by atoms with van der Waals surface area (Å²) in [5, 5.41) is 70.5. The van der Waals surface area contributed by atoms with Crippen molar-refractivity contribution in [2.45, 2.75) is 62.7 Å². The van der Waals surface area contributed by atoms with Crippen LogP contribution >= 0.6 is 0 Å². The average molecular weight is 355 g/mol. The summed E-state index contributed by atoms with van der Waals surface area (Å²) >= 11 is 0. The zero-order valence-electron chi connectivity index (χ0n) is 13.8. The molecule has 1 rings (SSSR count). The molecule has 0 aromatic heterocycles. The van der Waals surface area contributed by atoms with Crippen molar-refractivity contribution >= 4 is 5.97 Å². The van der Waals surface area contributed by atoms with E-state index in [4.69, 9.17) is 15.7 Å². The minimum absolute atomic E-state index is 0.862. The van der Waals surface area contributed by atoms with Crippen LogP contribution in [0.15, 0.2) is 0 Å². The molecule has 0 amide bonds. The number of ether oxygens (including phenoxy) is 1. The maximum atomic E-state index is 11.6. The first-order chi connectivity index (χ1) is 10.6. The minimum Gasteiger partial charge on any atom is -0.477 e. The molecule has 9 N–H and O–H groups in total. The lowest BCUT2D eigenvalue weighted by Gasteiger charge is -2.64. The van der Waals surface area contributed by atoms with E-state index in [0.29, 0.717) is 0 Å². The SMILES string of the molecule is CC1(C(O)C(O)CO)O[C@](O)(C(=O)O)C(C)(C)[C@@](C)(O)[C@@]1(O)ON. The molecule has 0 aromatic rings. The lowest BCUT2D eigenvalue weighted by molar-refractivity contribution is -0.495. The molecule has 1 aliphatic heterocycles. The second-order valence-corrected chi connectivity index (χ2v) is 6.81. The summed E-state index contributed by atoms with van der Waals surface area (Å²) in [6, 6.07) is 0. The number of rotatable bonds is 5. The number of aliphatic hydroxyl groups excluding tert-OH is 3. The molecule has 3 unspecified atom stereocenters. The predicted octanol–water partition coefficient (Wildman–Crippen LogP) is -3.38. The Morgan fingerprint density at radius 3 is 1.96 bits per heavy atom. The first-order valence-electron chi connectivity index (χ1n) is 7.06. The molecule has 142 valence electrons. The summed E-state index contributed by atoms with van der Waals surface area (Å²) in [5.74, 6) is -2.95. The maximum Gasteiger partial charge on any atom is 0.364 e. The van der Waals surface area contributed by atoms with Crippen LogP contribution < -0.4 is 5.90 Å². The summed E-state index contributed by atoms with van der Waals surface area (Å²) < 4.78 is 5.08. The Hall–Kier alpha value is -0.890. The number of aliphatic hydroxyl groups is 6. The molecule has 11 nitrogen and oxygen atoms in total. The summed E-state index contributed by atoms with van der Waals surface area (Å²) in [5.41, 5.74) is -7.37. The topological polar surface area (TPSA) is 203 Å². The third kappa shape index (κ3) is 2.21. The Labute approximate surface area is 137 Å². The van der Waals surface area contributed by atoms with Gasteiger partial charge in [-0.25, -0.2) is 10.7 Å². The molecule has 1 heterocycles. The van der Waals surface area contributed by atoms with Gasteiger partial charge in [-0.3, -0.25) is 4.84 Å².